The molecule has 3 heteroatoms. The number of hydrogen-bond acceptors (Lipinski definition) is 2. The third-order valence-corrected chi connectivity index (χ3v) is 4.38. The molecule has 0 N–H and O–H groups in total. The van der Waals surface area contributed by atoms with E-state index in [4.69, 9.17) is 0 Å². The molecule has 1 aromatic rings. The lowest BCUT2D eigenvalue weighted by atomic mass is 9.77. The number of halogens is 1. The van der Waals surface area contributed by atoms with Gasteiger partial charge in [-0.2, -0.15) is 5.26 Å². The molecule has 0 fully saturated rings. The molecule has 0 saturated heterocycles. The zero-order valence-corrected chi connectivity index (χ0v) is 13.5. The zero-order valence-electron chi connectivity index (χ0n) is 11.9. The predicted molar refractivity (Wildman–Crippen MR) is 80.7 cm³/mol. The SMILES string of the molecule is CC(CC(=O)C(C#N)c1ccccc1Br)C(C)(C)C. The molecule has 19 heavy (non-hydrogen) atoms. The van der Waals surface area contributed by atoms with Crippen LogP contribution in [-0.4, -0.2) is 5.78 Å². The van der Waals surface area contributed by atoms with Crippen LogP contribution in [0.15, 0.2) is 28.7 Å². The van der Waals surface area contributed by atoms with Crippen molar-refractivity contribution in [1.82, 2.24) is 0 Å². The van der Waals surface area contributed by atoms with E-state index in [1.807, 2.05) is 24.3 Å². The monoisotopic (exact) mass is 321 g/mol. The zero-order chi connectivity index (χ0) is 14.6. The first-order chi connectivity index (χ1) is 8.77. The Morgan fingerprint density at radius 3 is 2.42 bits per heavy atom. The molecule has 0 aliphatic carbocycles. The van der Waals surface area contributed by atoms with E-state index in [-0.39, 0.29) is 17.1 Å². The summed E-state index contributed by atoms with van der Waals surface area (Å²) in [6.45, 7) is 8.41. The molecule has 0 heterocycles. The molecule has 0 aromatic heterocycles. The minimum Gasteiger partial charge on any atom is -0.298 e. The Morgan fingerprint density at radius 1 is 1.37 bits per heavy atom. The fraction of sp³-hybridized carbons (Fsp3) is 0.500. The molecule has 0 aliphatic rings. The average Bonchev–Trinajstić information content (AvgIpc) is 2.31. The van der Waals surface area contributed by atoms with E-state index in [0.717, 1.165) is 10.0 Å². The molecule has 102 valence electrons. The summed E-state index contributed by atoms with van der Waals surface area (Å²) in [7, 11) is 0. The fourth-order valence-corrected chi connectivity index (χ4v) is 2.26. The standard InChI is InChI=1S/C16H20BrNO/c1-11(16(2,3)4)9-15(19)13(10-18)12-7-5-6-8-14(12)17/h5-8,11,13H,9H2,1-4H3. The normalized spacial score (nSPS) is 14.5. The van der Waals surface area contributed by atoms with Crippen molar-refractivity contribution < 1.29 is 4.79 Å². The topological polar surface area (TPSA) is 40.9 Å². The van der Waals surface area contributed by atoms with E-state index in [0.29, 0.717) is 6.42 Å². The molecule has 2 atom stereocenters. The number of nitriles is 1. The van der Waals surface area contributed by atoms with E-state index < -0.39 is 5.92 Å². The highest BCUT2D eigenvalue weighted by molar-refractivity contribution is 9.10. The number of hydrogen-bond donors (Lipinski definition) is 0. The van der Waals surface area contributed by atoms with Crippen LogP contribution < -0.4 is 0 Å². The van der Waals surface area contributed by atoms with Crippen molar-refractivity contribution in [3.8, 4) is 6.07 Å². The first-order valence-corrected chi connectivity index (χ1v) is 7.23. The van der Waals surface area contributed by atoms with E-state index in [1.165, 1.54) is 0 Å². The maximum Gasteiger partial charge on any atom is 0.154 e. The van der Waals surface area contributed by atoms with Gasteiger partial charge in [-0.1, -0.05) is 61.8 Å². The van der Waals surface area contributed by atoms with Gasteiger partial charge < -0.3 is 0 Å². The molecular weight excluding hydrogens is 302 g/mol. The summed E-state index contributed by atoms with van der Waals surface area (Å²) in [6, 6.07) is 9.56. The van der Waals surface area contributed by atoms with Gasteiger partial charge in [0.25, 0.3) is 0 Å². The van der Waals surface area contributed by atoms with Crippen LogP contribution in [0.3, 0.4) is 0 Å². The van der Waals surface area contributed by atoms with Crippen LogP contribution >= 0.6 is 15.9 Å². The molecule has 0 spiro atoms. The Balaban J connectivity index is 2.91. The van der Waals surface area contributed by atoms with Crippen LogP contribution in [0.4, 0.5) is 0 Å². The smallest absolute Gasteiger partial charge is 0.154 e. The summed E-state index contributed by atoms with van der Waals surface area (Å²) in [6.07, 6.45) is 0.434. The molecule has 1 aromatic carbocycles. The second kappa shape index (κ2) is 6.34. The third-order valence-electron chi connectivity index (χ3n) is 3.65. The van der Waals surface area contributed by atoms with Crippen LogP contribution in [0.5, 0.6) is 0 Å². The van der Waals surface area contributed by atoms with Crippen LogP contribution in [0.2, 0.25) is 0 Å². The van der Waals surface area contributed by atoms with Crippen LogP contribution in [0, 0.1) is 22.7 Å². The number of ketones is 1. The Morgan fingerprint density at radius 2 is 1.95 bits per heavy atom. The Hall–Kier alpha value is -1.14. The van der Waals surface area contributed by atoms with Crippen molar-refractivity contribution in [3.05, 3.63) is 34.3 Å². The predicted octanol–water partition coefficient (Wildman–Crippen LogP) is 4.70. The first-order valence-electron chi connectivity index (χ1n) is 6.44. The summed E-state index contributed by atoms with van der Waals surface area (Å²) in [5, 5.41) is 9.30. The quantitative estimate of drug-likeness (QED) is 0.806. The number of carbonyl (C=O) groups is 1. The average molecular weight is 322 g/mol. The Labute approximate surface area is 124 Å². The van der Waals surface area contributed by atoms with Crippen molar-refractivity contribution in [1.29, 1.82) is 5.26 Å². The Bertz CT molecular complexity index is 496. The number of Topliss-reactive ketones (excluding diaryl/α,β-unsaturated/α-hetero) is 1. The maximum absolute atomic E-state index is 12.3. The lowest BCUT2D eigenvalue weighted by molar-refractivity contribution is -0.120. The molecule has 2 unspecified atom stereocenters. The van der Waals surface area contributed by atoms with Gasteiger partial charge in [-0.05, 0) is 23.0 Å². The van der Waals surface area contributed by atoms with Gasteiger partial charge in [0, 0.05) is 10.9 Å². The molecule has 2 nitrogen and oxygen atoms in total. The molecular formula is C16H20BrNO. The number of nitrogens with zero attached hydrogens (tertiary/aromatic N) is 1. The molecule has 0 amide bonds. The molecule has 0 radical (unpaired) electrons. The molecule has 0 aliphatic heterocycles. The van der Waals surface area contributed by atoms with Crippen molar-refractivity contribution in [2.45, 2.75) is 40.0 Å². The van der Waals surface area contributed by atoms with Crippen molar-refractivity contribution in [2.75, 3.05) is 0 Å². The van der Waals surface area contributed by atoms with Gasteiger partial charge in [0.15, 0.2) is 5.78 Å². The minimum absolute atomic E-state index is 0.00294. The second-order valence-corrected chi connectivity index (χ2v) is 6.88. The summed E-state index contributed by atoms with van der Waals surface area (Å²) < 4.78 is 0.818. The van der Waals surface area contributed by atoms with Crippen molar-refractivity contribution in [2.24, 2.45) is 11.3 Å². The summed E-state index contributed by atoms with van der Waals surface area (Å²) in [4.78, 5) is 12.3. The van der Waals surface area contributed by atoms with Gasteiger partial charge in [0.05, 0.1) is 6.07 Å². The largest absolute Gasteiger partial charge is 0.298 e. The maximum atomic E-state index is 12.3. The van der Waals surface area contributed by atoms with E-state index in [9.17, 15) is 10.1 Å². The van der Waals surface area contributed by atoms with Gasteiger partial charge in [0.1, 0.15) is 5.92 Å². The van der Waals surface area contributed by atoms with Gasteiger partial charge in [-0.25, -0.2) is 0 Å². The van der Waals surface area contributed by atoms with E-state index in [1.54, 1.807) is 0 Å². The fourth-order valence-electron chi connectivity index (χ4n) is 1.75. The van der Waals surface area contributed by atoms with Gasteiger partial charge >= 0.3 is 0 Å². The van der Waals surface area contributed by atoms with Crippen LogP contribution in [-0.2, 0) is 4.79 Å². The summed E-state index contributed by atoms with van der Waals surface area (Å²) in [5.74, 6) is -0.435. The van der Waals surface area contributed by atoms with Gasteiger partial charge in [-0.15, -0.1) is 0 Å². The highest BCUT2D eigenvalue weighted by atomic mass is 79.9. The van der Waals surface area contributed by atoms with Gasteiger partial charge in [0.2, 0.25) is 0 Å². The first kappa shape index (κ1) is 15.9. The number of benzene rings is 1. The summed E-state index contributed by atoms with van der Waals surface area (Å²) >= 11 is 3.41. The number of carbonyl (C=O) groups excluding carboxylic acids is 1. The molecule has 0 bridgehead atoms. The van der Waals surface area contributed by atoms with E-state index >= 15 is 0 Å². The highest BCUT2D eigenvalue weighted by Gasteiger charge is 2.28. The number of rotatable bonds is 4. The molecule has 0 saturated carbocycles. The van der Waals surface area contributed by atoms with Crippen molar-refractivity contribution >= 4 is 21.7 Å². The minimum atomic E-state index is -0.680. The highest BCUT2D eigenvalue weighted by Crippen LogP contribution is 2.32. The van der Waals surface area contributed by atoms with Crippen molar-refractivity contribution in [3.63, 3.8) is 0 Å². The second-order valence-electron chi connectivity index (χ2n) is 6.02. The summed E-state index contributed by atoms with van der Waals surface area (Å²) in [5.41, 5.74) is 0.833. The Kier molecular flexibility index (Phi) is 5.31. The van der Waals surface area contributed by atoms with Crippen LogP contribution in [0.25, 0.3) is 0 Å². The van der Waals surface area contributed by atoms with E-state index in [2.05, 4.69) is 49.7 Å². The lowest BCUT2D eigenvalue weighted by Crippen LogP contribution is -2.23. The molecule has 1 rings (SSSR count). The van der Waals surface area contributed by atoms with Gasteiger partial charge in [-0.3, -0.25) is 4.79 Å². The lowest BCUT2D eigenvalue weighted by Gasteiger charge is -2.27. The third kappa shape index (κ3) is 4.18. The van der Waals surface area contributed by atoms with Crippen LogP contribution in [0.1, 0.15) is 45.6 Å².